The highest BCUT2D eigenvalue weighted by Crippen LogP contribution is 2.31. The normalized spacial score (nSPS) is 10.7. The average Bonchev–Trinajstić information content (AvgIpc) is 2.49. The maximum atomic E-state index is 5.85. The highest BCUT2D eigenvalue weighted by atomic mass is 35.5. The Morgan fingerprint density at radius 1 is 1.10 bits per heavy atom. The molecule has 4 nitrogen and oxygen atoms in total. The topological polar surface area (TPSA) is 50.7 Å². The molecule has 0 bridgehead atoms. The van der Waals surface area contributed by atoms with Crippen LogP contribution in [-0.4, -0.2) is 22.0 Å². The zero-order valence-corrected chi connectivity index (χ0v) is 12.2. The van der Waals surface area contributed by atoms with Crippen molar-refractivity contribution in [2.45, 2.75) is 10.1 Å². The zero-order chi connectivity index (χ0) is 13.9. The molecule has 6 heteroatoms. The molecule has 0 aliphatic carbocycles. The summed E-state index contributed by atoms with van der Waals surface area (Å²) in [6.07, 6.45) is 1.63. The van der Waals surface area contributed by atoms with Gasteiger partial charge in [0.1, 0.15) is 10.1 Å². The van der Waals surface area contributed by atoms with Crippen LogP contribution in [0.5, 0.6) is 0 Å². The highest BCUT2D eigenvalue weighted by Gasteiger charge is 2.09. The van der Waals surface area contributed by atoms with Crippen molar-refractivity contribution in [2.24, 2.45) is 0 Å². The second-order valence-electron chi connectivity index (χ2n) is 4.04. The summed E-state index contributed by atoms with van der Waals surface area (Å²) in [5, 5.41) is 6.33. The number of rotatable bonds is 3. The molecule has 0 fully saturated rings. The average molecular weight is 303 g/mol. The van der Waals surface area contributed by atoms with Crippen LogP contribution >= 0.6 is 23.4 Å². The van der Waals surface area contributed by atoms with Gasteiger partial charge in [0.15, 0.2) is 0 Å². The number of pyridine rings is 1. The van der Waals surface area contributed by atoms with Gasteiger partial charge in [0.2, 0.25) is 5.95 Å². The summed E-state index contributed by atoms with van der Waals surface area (Å²) in [4.78, 5) is 13.2. The maximum absolute atomic E-state index is 5.85. The number of aromatic nitrogens is 3. The molecule has 3 rings (SSSR count). The minimum atomic E-state index is 0.597. The van der Waals surface area contributed by atoms with Crippen LogP contribution in [0.2, 0.25) is 5.02 Å². The van der Waals surface area contributed by atoms with E-state index in [2.05, 4.69) is 20.3 Å². The number of nitrogens with zero attached hydrogens (tertiary/aromatic N) is 3. The van der Waals surface area contributed by atoms with Gasteiger partial charge in [-0.2, -0.15) is 0 Å². The van der Waals surface area contributed by atoms with Crippen LogP contribution in [-0.2, 0) is 0 Å². The number of nitrogens with one attached hydrogen (secondary N) is 1. The van der Waals surface area contributed by atoms with E-state index in [1.807, 2.05) is 36.4 Å². The zero-order valence-electron chi connectivity index (χ0n) is 10.7. The predicted octanol–water partition coefficient (Wildman–Crippen LogP) is 3.87. The molecule has 0 aliphatic rings. The lowest BCUT2D eigenvalue weighted by molar-refractivity contribution is 1.08. The van der Waals surface area contributed by atoms with Gasteiger partial charge in [0, 0.05) is 18.6 Å². The van der Waals surface area contributed by atoms with E-state index in [4.69, 9.17) is 11.6 Å². The van der Waals surface area contributed by atoms with E-state index in [9.17, 15) is 0 Å². The highest BCUT2D eigenvalue weighted by molar-refractivity contribution is 7.99. The number of para-hydroxylation sites is 1. The lowest BCUT2D eigenvalue weighted by Crippen LogP contribution is -1.98. The summed E-state index contributed by atoms with van der Waals surface area (Å²) in [6, 6.07) is 11.6. The van der Waals surface area contributed by atoms with Gasteiger partial charge in [-0.25, -0.2) is 15.0 Å². The van der Waals surface area contributed by atoms with Crippen LogP contribution in [0.4, 0.5) is 5.95 Å². The van der Waals surface area contributed by atoms with Gasteiger partial charge in [0.25, 0.3) is 0 Å². The predicted molar refractivity (Wildman–Crippen MR) is 82.5 cm³/mol. The third-order valence-corrected chi connectivity index (χ3v) is 3.87. The summed E-state index contributed by atoms with van der Waals surface area (Å²) in [7, 11) is 1.80. The van der Waals surface area contributed by atoms with Crippen molar-refractivity contribution < 1.29 is 0 Å². The van der Waals surface area contributed by atoms with Crippen molar-refractivity contribution >= 4 is 40.2 Å². The standard InChI is InChI=1S/C14H11ClN4S/c1-16-14-18-11-5-3-2-4-10(11)13(19-14)20-12-7-6-9(15)8-17-12/h2-8H,1H3,(H,16,18,19). The Morgan fingerprint density at radius 3 is 2.70 bits per heavy atom. The van der Waals surface area contributed by atoms with Crippen LogP contribution in [0.3, 0.4) is 0 Å². The molecule has 0 saturated heterocycles. The van der Waals surface area contributed by atoms with Gasteiger partial charge in [-0.1, -0.05) is 29.8 Å². The summed E-state index contributed by atoms with van der Waals surface area (Å²) in [5.41, 5.74) is 0.906. The largest absolute Gasteiger partial charge is 0.357 e. The first-order valence-electron chi connectivity index (χ1n) is 6.00. The minimum absolute atomic E-state index is 0.597. The van der Waals surface area contributed by atoms with Crippen LogP contribution in [0, 0.1) is 0 Å². The van der Waals surface area contributed by atoms with Crippen LogP contribution in [0.15, 0.2) is 52.6 Å². The Kier molecular flexibility index (Phi) is 3.71. The number of hydrogen-bond donors (Lipinski definition) is 1. The fourth-order valence-corrected chi connectivity index (χ4v) is 2.72. The number of anilines is 1. The first-order chi connectivity index (χ1) is 9.76. The summed E-state index contributed by atoms with van der Waals surface area (Å²) in [5.74, 6) is 0.597. The molecule has 2 aromatic heterocycles. The van der Waals surface area contributed by atoms with Crippen molar-refractivity contribution in [1.82, 2.24) is 15.0 Å². The first kappa shape index (κ1) is 13.1. The number of fused-ring (bicyclic) bond motifs is 1. The van der Waals surface area contributed by atoms with Gasteiger partial charge >= 0.3 is 0 Å². The molecule has 1 aromatic carbocycles. The fourth-order valence-electron chi connectivity index (χ4n) is 1.76. The second kappa shape index (κ2) is 5.64. The van der Waals surface area contributed by atoms with Gasteiger partial charge in [-0.05, 0) is 30.0 Å². The molecule has 2 heterocycles. The smallest absolute Gasteiger partial charge is 0.224 e. The molecule has 0 aliphatic heterocycles. The van der Waals surface area contributed by atoms with E-state index < -0.39 is 0 Å². The molecule has 0 spiro atoms. The van der Waals surface area contributed by atoms with E-state index in [1.54, 1.807) is 13.2 Å². The van der Waals surface area contributed by atoms with Gasteiger partial charge in [-0.15, -0.1) is 0 Å². The van der Waals surface area contributed by atoms with Crippen molar-refractivity contribution in [3.8, 4) is 0 Å². The van der Waals surface area contributed by atoms with Crippen molar-refractivity contribution in [2.75, 3.05) is 12.4 Å². The monoisotopic (exact) mass is 302 g/mol. The SMILES string of the molecule is CNc1nc(Sc2ccc(Cl)cn2)c2ccccc2n1. The van der Waals surface area contributed by atoms with Crippen LogP contribution in [0.1, 0.15) is 0 Å². The molecular formula is C14H11ClN4S. The van der Waals surface area contributed by atoms with Gasteiger partial charge in [0.05, 0.1) is 10.5 Å². The number of halogens is 1. The third-order valence-electron chi connectivity index (χ3n) is 2.69. The maximum Gasteiger partial charge on any atom is 0.224 e. The quantitative estimate of drug-likeness (QED) is 0.744. The Bertz CT molecular complexity index is 746. The molecule has 20 heavy (non-hydrogen) atoms. The summed E-state index contributed by atoms with van der Waals surface area (Å²) < 4.78 is 0. The van der Waals surface area contributed by atoms with E-state index in [-0.39, 0.29) is 0 Å². The Labute approximate surface area is 125 Å². The Balaban J connectivity index is 2.07. The lowest BCUT2D eigenvalue weighted by atomic mass is 10.2. The molecule has 0 radical (unpaired) electrons. The third kappa shape index (κ3) is 2.69. The van der Waals surface area contributed by atoms with Crippen molar-refractivity contribution in [1.29, 1.82) is 0 Å². The molecule has 100 valence electrons. The molecule has 1 N–H and O–H groups in total. The summed E-state index contributed by atoms with van der Waals surface area (Å²) >= 11 is 7.34. The molecule has 3 aromatic rings. The summed E-state index contributed by atoms with van der Waals surface area (Å²) in [6.45, 7) is 0. The lowest BCUT2D eigenvalue weighted by Gasteiger charge is -2.07. The van der Waals surface area contributed by atoms with E-state index in [1.165, 1.54) is 11.8 Å². The van der Waals surface area contributed by atoms with Crippen LogP contribution in [0.25, 0.3) is 10.9 Å². The molecule has 0 saturated carbocycles. The number of benzene rings is 1. The van der Waals surface area contributed by atoms with Gasteiger partial charge < -0.3 is 5.32 Å². The van der Waals surface area contributed by atoms with Crippen LogP contribution < -0.4 is 5.32 Å². The minimum Gasteiger partial charge on any atom is -0.357 e. The van der Waals surface area contributed by atoms with Crippen molar-refractivity contribution in [3.63, 3.8) is 0 Å². The van der Waals surface area contributed by atoms with E-state index in [0.29, 0.717) is 11.0 Å². The number of hydrogen-bond acceptors (Lipinski definition) is 5. The molecular weight excluding hydrogens is 292 g/mol. The van der Waals surface area contributed by atoms with Gasteiger partial charge in [-0.3, -0.25) is 0 Å². The van der Waals surface area contributed by atoms with E-state index >= 15 is 0 Å². The molecule has 0 amide bonds. The van der Waals surface area contributed by atoms with E-state index in [0.717, 1.165) is 21.0 Å². The fraction of sp³-hybridized carbons (Fsp3) is 0.0714. The second-order valence-corrected chi connectivity index (χ2v) is 5.48. The first-order valence-corrected chi connectivity index (χ1v) is 7.19. The Morgan fingerprint density at radius 2 is 1.95 bits per heavy atom. The Hall–Kier alpha value is -1.85. The molecule has 0 unspecified atom stereocenters. The van der Waals surface area contributed by atoms with Crippen molar-refractivity contribution in [3.05, 3.63) is 47.6 Å². The molecule has 0 atom stereocenters.